The van der Waals surface area contributed by atoms with Gasteiger partial charge >= 0.3 is 5.97 Å². The second kappa shape index (κ2) is 9.28. The average molecular weight is 382 g/mol. The van der Waals surface area contributed by atoms with Crippen molar-refractivity contribution in [3.8, 4) is 0 Å². The van der Waals surface area contributed by atoms with Gasteiger partial charge in [0.2, 0.25) is 0 Å². The highest BCUT2D eigenvalue weighted by Crippen LogP contribution is 2.23. The Morgan fingerprint density at radius 2 is 1.75 bits per heavy atom. The Kier molecular flexibility index (Phi) is 7.06. The lowest BCUT2D eigenvalue weighted by Gasteiger charge is -2.21. The largest absolute Gasteiger partial charge is 0.456 e. The fourth-order valence-electron chi connectivity index (χ4n) is 2.65. The molecule has 6 nitrogen and oxygen atoms in total. The van der Waals surface area contributed by atoms with E-state index in [1.54, 1.807) is 26.8 Å². The summed E-state index contributed by atoms with van der Waals surface area (Å²) in [5.41, 5.74) is 7.56. The van der Waals surface area contributed by atoms with E-state index >= 15 is 0 Å². The predicted molar refractivity (Wildman–Crippen MR) is 110 cm³/mol. The summed E-state index contributed by atoms with van der Waals surface area (Å²) in [5.74, 6) is -0.503. The minimum Gasteiger partial charge on any atom is -0.456 e. The number of nitrogens with two attached hydrogens (primary N) is 1. The van der Waals surface area contributed by atoms with Crippen LogP contribution in [0.4, 0.5) is 5.69 Å². The Labute approximate surface area is 165 Å². The minimum atomic E-state index is -0.662. The van der Waals surface area contributed by atoms with Gasteiger partial charge in [-0.05, 0) is 56.9 Å². The molecule has 2 N–H and O–H groups in total. The molecular formula is C22H26N2O4. The van der Waals surface area contributed by atoms with Gasteiger partial charge in [-0.3, -0.25) is 10.1 Å². The van der Waals surface area contributed by atoms with Crippen molar-refractivity contribution in [3.63, 3.8) is 0 Å². The first kappa shape index (κ1) is 21.3. The quantitative estimate of drug-likeness (QED) is 0.334. The Bertz CT molecular complexity index is 837. The number of ether oxygens (including phenoxy) is 1. The summed E-state index contributed by atoms with van der Waals surface area (Å²) < 4.78 is 5.50. The fraction of sp³-hybridized carbons (Fsp3) is 0.318. The van der Waals surface area contributed by atoms with Gasteiger partial charge < -0.3 is 10.5 Å². The fourth-order valence-corrected chi connectivity index (χ4v) is 2.65. The molecule has 2 rings (SSSR count). The van der Waals surface area contributed by atoms with Gasteiger partial charge in [0.25, 0.3) is 5.69 Å². The van der Waals surface area contributed by atoms with Crippen molar-refractivity contribution in [3.05, 3.63) is 81.9 Å². The van der Waals surface area contributed by atoms with Gasteiger partial charge in [0.15, 0.2) is 0 Å². The summed E-state index contributed by atoms with van der Waals surface area (Å²) in [6.07, 6.45) is 3.11. The molecule has 0 aliphatic carbocycles. The molecule has 2 aromatic carbocycles. The van der Waals surface area contributed by atoms with Crippen LogP contribution in [0.2, 0.25) is 0 Å². The van der Waals surface area contributed by atoms with Crippen LogP contribution < -0.4 is 5.73 Å². The number of rotatable bonds is 7. The van der Waals surface area contributed by atoms with Crippen LogP contribution in [-0.2, 0) is 16.0 Å². The lowest BCUT2D eigenvalue weighted by molar-refractivity contribution is -0.384. The van der Waals surface area contributed by atoms with Crippen LogP contribution in [0.25, 0.3) is 5.57 Å². The number of nitro groups is 1. The first-order valence-corrected chi connectivity index (χ1v) is 9.15. The van der Waals surface area contributed by atoms with Crippen molar-refractivity contribution >= 4 is 17.2 Å². The summed E-state index contributed by atoms with van der Waals surface area (Å²) in [4.78, 5) is 23.1. The number of nitro benzene ring substituents is 1. The zero-order valence-electron chi connectivity index (χ0n) is 16.4. The first-order valence-electron chi connectivity index (χ1n) is 9.15. The maximum absolute atomic E-state index is 12.7. The Morgan fingerprint density at radius 3 is 2.29 bits per heavy atom. The molecule has 0 amide bonds. The topological polar surface area (TPSA) is 95.5 Å². The molecule has 0 bridgehead atoms. The van der Waals surface area contributed by atoms with Crippen molar-refractivity contribution in [2.45, 2.75) is 45.3 Å². The molecule has 0 spiro atoms. The Morgan fingerprint density at radius 1 is 1.14 bits per heavy atom. The minimum absolute atomic E-state index is 0.0411. The van der Waals surface area contributed by atoms with Gasteiger partial charge in [-0.15, -0.1) is 0 Å². The standard InChI is InChI=1S/C22H26N2O4/c1-22(2,3)28-21(25)20(17-10-13-19(14-11-17)24(26)27)15-18(23)12-9-16-7-5-4-6-8-16/h4-8,10-11,13-15,18H,9,12,23H2,1-3H3. The van der Waals surface area contributed by atoms with Crippen LogP contribution >= 0.6 is 0 Å². The number of benzene rings is 2. The van der Waals surface area contributed by atoms with E-state index < -0.39 is 16.5 Å². The third kappa shape index (κ3) is 6.63. The lowest BCUT2D eigenvalue weighted by atomic mass is 9.99. The average Bonchev–Trinajstić information content (AvgIpc) is 2.64. The molecule has 28 heavy (non-hydrogen) atoms. The van der Waals surface area contributed by atoms with Crippen molar-refractivity contribution < 1.29 is 14.5 Å². The zero-order chi connectivity index (χ0) is 20.7. The molecule has 1 atom stereocenters. The molecule has 148 valence electrons. The van der Waals surface area contributed by atoms with E-state index in [0.717, 1.165) is 6.42 Å². The maximum atomic E-state index is 12.7. The second-order valence-electron chi connectivity index (χ2n) is 7.57. The Balaban J connectivity index is 2.24. The number of esters is 1. The van der Waals surface area contributed by atoms with Crippen LogP contribution in [0.5, 0.6) is 0 Å². The SMILES string of the molecule is CC(C)(C)OC(=O)C(=CC(N)CCc1ccccc1)c1ccc([N+](=O)[O-])cc1. The van der Waals surface area contributed by atoms with E-state index in [0.29, 0.717) is 17.6 Å². The van der Waals surface area contributed by atoms with E-state index in [2.05, 4.69) is 0 Å². The summed E-state index contributed by atoms with van der Waals surface area (Å²) in [7, 11) is 0. The van der Waals surface area contributed by atoms with Crippen LogP contribution in [0.15, 0.2) is 60.7 Å². The number of aryl methyl sites for hydroxylation is 1. The molecule has 1 unspecified atom stereocenters. The van der Waals surface area contributed by atoms with Crippen molar-refractivity contribution in [2.24, 2.45) is 5.73 Å². The van der Waals surface area contributed by atoms with Gasteiger partial charge in [0.05, 0.1) is 10.5 Å². The van der Waals surface area contributed by atoms with E-state index in [1.165, 1.54) is 29.8 Å². The van der Waals surface area contributed by atoms with Crippen molar-refractivity contribution in [1.29, 1.82) is 0 Å². The third-order valence-electron chi connectivity index (χ3n) is 4.00. The van der Waals surface area contributed by atoms with Gasteiger partial charge in [0, 0.05) is 18.2 Å². The molecule has 0 aliphatic rings. The number of hydrogen-bond acceptors (Lipinski definition) is 5. The molecule has 6 heteroatoms. The van der Waals surface area contributed by atoms with Gasteiger partial charge in [-0.1, -0.05) is 36.4 Å². The number of carbonyl (C=O) groups is 1. The molecule has 0 fully saturated rings. The summed E-state index contributed by atoms with van der Waals surface area (Å²) >= 11 is 0. The summed E-state index contributed by atoms with van der Waals surface area (Å²) in [6.45, 7) is 5.36. The first-order chi connectivity index (χ1) is 13.2. The van der Waals surface area contributed by atoms with Crippen LogP contribution in [-0.4, -0.2) is 22.5 Å². The molecule has 0 aliphatic heterocycles. The van der Waals surface area contributed by atoms with Gasteiger partial charge in [-0.2, -0.15) is 0 Å². The van der Waals surface area contributed by atoms with Gasteiger partial charge in [0.1, 0.15) is 5.60 Å². The smallest absolute Gasteiger partial charge is 0.338 e. The number of non-ortho nitro benzene ring substituents is 1. The molecule has 0 saturated carbocycles. The predicted octanol–water partition coefficient (Wildman–Crippen LogP) is 4.28. The van der Waals surface area contributed by atoms with Gasteiger partial charge in [-0.25, -0.2) is 4.79 Å². The highest BCUT2D eigenvalue weighted by Gasteiger charge is 2.22. The molecule has 2 aromatic rings. The normalized spacial score (nSPS) is 13.1. The monoisotopic (exact) mass is 382 g/mol. The second-order valence-corrected chi connectivity index (χ2v) is 7.57. The van der Waals surface area contributed by atoms with E-state index in [-0.39, 0.29) is 11.7 Å². The molecule has 0 saturated heterocycles. The third-order valence-corrected chi connectivity index (χ3v) is 4.00. The van der Waals surface area contributed by atoms with E-state index in [9.17, 15) is 14.9 Å². The lowest BCUT2D eigenvalue weighted by Crippen LogP contribution is -2.26. The van der Waals surface area contributed by atoms with E-state index in [4.69, 9.17) is 10.5 Å². The van der Waals surface area contributed by atoms with E-state index in [1.807, 2.05) is 30.3 Å². The number of nitrogens with zero attached hydrogens (tertiary/aromatic N) is 1. The highest BCUT2D eigenvalue weighted by molar-refractivity contribution is 6.16. The molecule has 0 heterocycles. The maximum Gasteiger partial charge on any atom is 0.338 e. The van der Waals surface area contributed by atoms with Crippen LogP contribution in [0.3, 0.4) is 0 Å². The highest BCUT2D eigenvalue weighted by atomic mass is 16.6. The van der Waals surface area contributed by atoms with Crippen LogP contribution in [0.1, 0.15) is 38.3 Å². The van der Waals surface area contributed by atoms with Crippen LogP contribution in [0, 0.1) is 10.1 Å². The zero-order valence-corrected chi connectivity index (χ0v) is 16.4. The molecule has 0 radical (unpaired) electrons. The van der Waals surface area contributed by atoms with Crippen molar-refractivity contribution in [1.82, 2.24) is 0 Å². The number of carbonyl (C=O) groups excluding carboxylic acids is 1. The number of hydrogen-bond donors (Lipinski definition) is 1. The summed E-state index contributed by atoms with van der Waals surface area (Å²) in [5, 5.41) is 10.9. The van der Waals surface area contributed by atoms with Crippen molar-refractivity contribution in [2.75, 3.05) is 0 Å². The molecular weight excluding hydrogens is 356 g/mol. The summed E-state index contributed by atoms with van der Waals surface area (Å²) in [6, 6.07) is 15.4. The Hall–Kier alpha value is -2.99. The molecule has 0 aromatic heterocycles.